The number of hydrogen-bond donors (Lipinski definition) is 2. The maximum Gasteiger partial charge on any atom is 0.227 e. The Morgan fingerprint density at radius 1 is 1.06 bits per heavy atom. The zero-order valence-electron chi connectivity index (χ0n) is 22.0. The summed E-state index contributed by atoms with van der Waals surface area (Å²) in [5.41, 5.74) is 1.85. The maximum absolute atomic E-state index is 7.00. The molecule has 0 amide bonds. The predicted molar refractivity (Wildman–Crippen MR) is 147 cm³/mol. The first-order chi connectivity index (χ1) is 17.0. The third kappa shape index (κ3) is 7.73. The summed E-state index contributed by atoms with van der Waals surface area (Å²) in [4.78, 5) is 20.8. The summed E-state index contributed by atoms with van der Waals surface area (Å²) in [6, 6.07) is 4.11. The number of aromatic nitrogens is 5. The Balaban J connectivity index is 0.00000167. The van der Waals surface area contributed by atoms with Gasteiger partial charge in [0.05, 0.1) is 11.7 Å². The molecule has 4 rings (SSSR count). The van der Waals surface area contributed by atoms with Crippen molar-refractivity contribution in [1.82, 2.24) is 24.5 Å². The number of piperidine rings is 1. The van der Waals surface area contributed by atoms with E-state index in [4.69, 9.17) is 24.5 Å². The topological polar surface area (TPSA) is 110 Å². The highest BCUT2D eigenvalue weighted by molar-refractivity contribution is 5.85. The Bertz CT molecular complexity index is 1060. The van der Waals surface area contributed by atoms with E-state index in [1.807, 2.05) is 19.1 Å². The quantitative estimate of drug-likeness (QED) is 0.350. The highest BCUT2D eigenvalue weighted by Gasteiger charge is 2.17. The van der Waals surface area contributed by atoms with Gasteiger partial charge in [0.25, 0.3) is 0 Å². The van der Waals surface area contributed by atoms with E-state index >= 15 is 0 Å². The molecule has 4 heterocycles. The van der Waals surface area contributed by atoms with Gasteiger partial charge in [-0.25, -0.2) is 15.0 Å². The van der Waals surface area contributed by atoms with Crippen LogP contribution in [-0.4, -0.2) is 62.7 Å². The van der Waals surface area contributed by atoms with Gasteiger partial charge in [0.15, 0.2) is 6.29 Å². The normalized spacial score (nSPS) is 14.2. The molecule has 3 aromatic heterocycles. The number of imidazole rings is 1. The number of fused-ring (bicyclic) bond motifs is 1. The Hall–Kier alpha value is -2.53. The number of hydrogen-bond acceptors (Lipinski definition) is 9. The summed E-state index contributed by atoms with van der Waals surface area (Å²) in [5.74, 6) is 3.09. The lowest BCUT2D eigenvalue weighted by atomic mass is 10.1. The molecule has 0 saturated carbocycles. The number of nitrogens with one attached hydrogen (secondary N) is 1. The lowest BCUT2D eigenvalue weighted by Crippen LogP contribution is -2.31. The van der Waals surface area contributed by atoms with Gasteiger partial charge in [-0.1, -0.05) is 6.92 Å². The van der Waals surface area contributed by atoms with E-state index in [1.165, 1.54) is 19.3 Å². The summed E-state index contributed by atoms with van der Waals surface area (Å²) in [5, 5.41) is 10.3. The van der Waals surface area contributed by atoms with Crippen LogP contribution in [0.3, 0.4) is 0 Å². The van der Waals surface area contributed by atoms with Crippen molar-refractivity contribution < 1.29 is 16.0 Å². The molecule has 2 N–H and O–H groups in total. The van der Waals surface area contributed by atoms with Crippen molar-refractivity contribution in [3.8, 4) is 0 Å². The molecule has 1 fully saturated rings. The van der Waals surface area contributed by atoms with Crippen LogP contribution < -0.4 is 10.2 Å². The van der Waals surface area contributed by atoms with Crippen LogP contribution in [0.15, 0.2) is 24.5 Å². The summed E-state index contributed by atoms with van der Waals surface area (Å²) in [7, 11) is 1.00. The van der Waals surface area contributed by atoms with Gasteiger partial charge in [0.1, 0.15) is 29.6 Å². The fraction of sp³-hybridized carbons (Fsp3) is 0.600. The minimum Gasteiger partial charge on any atom is -0.400 e. The second-order valence-electron chi connectivity index (χ2n) is 8.71. The largest absolute Gasteiger partial charge is 0.400 e. The molecule has 36 heavy (non-hydrogen) atoms. The molecule has 1 aliphatic heterocycles. The van der Waals surface area contributed by atoms with Crippen LogP contribution in [0.1, 0.15) is 66.7 Å². The van der Waals surface area contributed by atoms with Crippen molar-refractivity contribution in [3.63, 3.8) is 0 Å². The first-order valence-corrected chi connectivity index (χ1v) is 12.4. The first-order valence-electron chi connectivity index (χ1n) is 12.4. The number of ether oxygens (including phenoxy) is 2. The summed E-state index contributed by atoms with van der Waals surface area (Å²) in [6.07, 6.45) is 7.94. The average Bonchev–Trinajstić information content (AvgIpc) is 3.26. The number of anilines is 3. The molecule has 1 unspecified atom stereocenters. The smallest absolute Gasteiger partial charge is 0.227 e. The first kappa shape index (κ1) is 29.7. The van der Waals surface area contributed by atoms with E-state index in [9.17, 15) is 0 Å². The molecule has 0 bridgehead atoms. The van der Waals surface area contributed by atoms with E-state index in [2.05, 4.69) is 45.5 Å². The Labute approximate surface area is 221 Å². The van der Waals surface area contributed by atoms with E-state index < -0.39 is 0 Å². The fourth-order valence-electron chi connectivity index (χ4n) is 4.11. The third-order valence-electron chi connectivity index (χ3n) is 5.71. The third-order valence-corrected chi connectivity index (χ3v) is 5.71. The molecular formula is C25H42ClN7O3. The van der Waals surface area contributed by atoms with Crippen LogP contribution in [0.2, 0.25) is 0 Å². The number of nitrogens with zero attached hydrogens (tertiary/aromatic N) is 6. The molecule has 10 nitrogen and oxygen atoms in total. The van der Waals surface area contributed by atoms with Crippen LogP contribution in [0.5, 0.6) is 0 Å². The second-order valence-corrected chi connectivity index (χ2v) is 8.71. The Kier molecular flexibility index (Phi) is 12.3. The molecule has 0 spiro atoms. The standard InChI is InChI=1S/C24H35N7O2.CH4O.ClH.H2/c1-5-13-32-18(4)33-16-23-27-19-15-26-22(14-20(19)31(23)17(2)3)28-21-9-10-25-24(29-21)30-11-7-6-8-12-30;1-2;;/h9-10,14-15,17-18H,5-8,11-13,16H2,1-4H3,(H,25,26,28,29);2H,1H3;2*1H. The molecule has 0 aliphatic carbocycles. The lowest BCUT2D eigenvalue weighted by Gasteiger charge is -2.26. The second kappa shape index (κ2) is 14.9. The lowest BCUT2D eigenvalue weighted by molar-refractivity contribution is -0.139. The van der Waals surface area contributed by atoms with Gasteiger partial charge >= 0.3 is 0 Å². The Morgan fingerprint density at radius 3 is 2.50 bits per heavy atom. The van der Waals surface area contributed by atoms with E-state index in [0.717, 1.165) is 61.1 Å². The molecule has 202 valence electrons. The molecule has 0 aromatic carbocycles. The van der Waals surface area contributed by atoms with Crippen LogP contribution in [0.25, 0.3) is 11.0 Å². The van der Waals surface area contributed by atoms with Crippen molar-refractivity contribution in [2.45, 2.75) is 72.3 Å². The molecular weight excluding hydrogens is 482 g/mol. The van der Waals surface area contributed by atoms with Gasteiger partial charge in [0, 0.05) is 46.5 Å². The van der Waals surface area contributed by atoms with Crippen molar-refractivity contribution in [3.05, 3.63) is 30.4 Å². The molecule has 1 aliphatic rings. The minimum atomic E-state index is -0.271. The van der Waals surface area contributed by atoms with Gasteiger partial charge in [-0.05, 0) is 52.5 Å². The van der Waals surface area contributed by atoms with Crippen LogP contribution in [-0.2, 0) is 16.1 Å². The molecule has 3 aromatic rings. The van der Waals surface area contributed by atoms with Gasteiger partial charge < -0.3 is 29.4 Å². The molecule has 11 heteroatoms. The molecule has 1 atom stereocenters. The summed E-state index contributed by atoms with van der Waals surface area (Å²) >= 11 is 0. The van der Waals surface area contributed by atoms with Crippen LogP contribution >= 0.6 is 12.4 Å². The number of pyridine rings is 1. The highest BCUT2D eigenvalue weighted by Crippen LogP contribution is 2.25. The van der Waals surface area contributed by atoms with Crippen molar-refractivity contribution >= 4 is 41.0 Å². The van der Waals surface area contributed by atoms with E-state index in [-0.39, 0.29) is 26.2 Å². The van der Waals surface area contributed by atoms with Crippen LogP contribution in [0, 0.1) is 0 Å². The monoisotopic (exact) mass is 523 g/mol. The van der Waals surface area contributed by atoms with Crippen molar-refractivity contribution in [1.29, 1.82) is 0 Å². The fourth-order valence-corrected chi connectivity index (χ4v) is 4.11. The Morgan fingerprint density at radius 2 is 1.81 bits per heavy atom. The number of halogens is 1. The zero-order chi connectivity index (χ0) is 25.2. The van der Waals surface area contributed by atoms with Gasteiger partial charge in [-0.3, -0.25) is 0 Å². The predicted octanol–water partition coefficient (Wildman–Crippen LogP) is 5.10. The van der Waals surface area contributed by atoms with Crippen LogP contribution in [0.4, 0.5) is 17.6 Å². The average molecular weight is 524 g/mol. The molecule has 1 saturated heterocycles. The van der Waals surface area contributed by atoms with Gasteiger partial charge in [-0.15, -0.1) is 12.4 Å². The number of aliphatic hydroxyl groups is 1. The van der Waals surface area contributed by atoms with Gasteiger partial charge in [-0.2, -0.15) is 4.98 Å². The SMILES string of the molecule is CCCOC(C)OCc1nc2cnc(Nc3ccnc(N4CCCCC4)n3)cc2n1C(C)C.CO.Cl.[HH]. The van der Waals surface area contributed by atoms with Crippen molar-refractivity contribution in [2.75, 3.05) is 37.0 Å². The van der Waals surface area contributed by atoms with E-state index in [1.54, 1.807) is 12.4 Å². The maximum atomic E-state index is 7.00. The van der Waals surface area contributed by atoms with Crippen molar-refractivity contribution in [2.24, 2.45) is 0 Å². The number of aliphatic hydroxyl groups excluding tert-OH is 1. The summed E-state index contributed by atoms with van der Waals surface area (Å²) in [6.45, 7) is 11.4. The van der Waals surface area contributed by atoms with E-state index in [0.29, 0.717) is 13.2 Å². The highest BCUT2D eigenvalue weighted by atomic mass is 35.5. The molecule has 0 radical (unpaired) electrons. The number of rotatable bonds is 10. The zero-order valence-corrected chi connectivity index (χ0v) is 22.8. The summed E-state index contributed by atoms with van der Waals surface area (Å²) < 4.78 is 13.7. The van der Waals surface area contributed by atoms with Gasteiger partial charge in [0.2, 0.25) is 5.95 Å². The minimum absolute atomic E-state index is 0.